The first kappa shape index (κ1) is 27.7. The highest BCUT2D eigenvalue weighted by Crippen LogP contribution is 2.37. The summed E-state index contributed by atoms with van der Waals surface area (Å²) in [6, 6.07) is 8.56. The Morgan fingerprint density at radius 1 is 1.25 bits per heavy atom. The third kappa shape index (κ3) is 6.09. The van der Waals surface area contributed by atoms with Gasteiger partial charge in [-0.3, -0.25) is 9.59 Å². The maximum atomic E-state index is 15.3. The molecule has 1 unspecified atom stereocenters. The molecule has 7 nitrogen and oxygen atoms in total. The van der Waals surface area contributed by atoms with E-state index in [9.17, 15) is 20.0 Å². The second-order valence-electron chi connectivity index (χ2n) is 8.76. The number of benzene rings is 2. The number of hydrogen-bond acceptors (Lipinski definition) is 5. The summed E-state index contributed by atoms with van der Waals surface area (Å²) < 4.78 is 20.5. The van der Waals surface area contributed by atoms with Crippen LogP contribution in [-0.4, -0.2) is 46.4 Å². The van der Waals surface area contributed by atoms with Gasteiger partial charge in [-0.2, -0.15) is 5.26 Å². The maximum Gasteiger partial charge on any atom is 0.257 e. The van der Waals surface area contributed by atoms with E-state index in [4.69, 9.17) is 27.9 Å². The Bertz CT molecular complexity index is 1150. The lowest BCUT2D eigenvalue weighted by molar-refractivity contribution is -0.143. The molecule has 0 saturated heterocycles. The van der Waals surface area contributed by atoms with Gasteiger partial charge in [0, 0.05) is 29.8 Å². The fourth-order valence-electron chi connectivity index (χ4n) is 4.70. The number of rotatable bonds is 8. The number of nitrogens with one attached hydrogen (secondary N) is 1. The summed E-state index contributed by atoms with van der Waals surface area (Å²) in [7, 11) is 1.52. The lowest BCUT2D eigenvalue weighted by atomic mass is 9.82. The highest BCUT2D eigenvalue weighted by atomic mass is 35.5. The number of alkyl halides is 2. The van der Waals surface area contributed by atoms with Gasteiger partial charge in [0.25, 0.3) is 11.8 Å². The molecule has 0 heterocycles. The molecule has 1 fully saturated rings. The number of halogens is 3. The second kappa shape index (κ2) is 12.4. The fraction of sp³-hybridized carbons (Fsp3) is 0.423. The van der Waals surface area contributed by atoms with Gasteiger partial charge in [0.2, 0.25) is 0 Å². The number of aryl methyl sites for hydroxylation is 1. The molecule has 0 bridgehead atoms. The van der Waals surface area contributed by atoms with E-state index in [1.165, 1.54) is 24.1 Å². The first-order chi connectivity index (χ1) is 17.2. The van der Waals surface area contributed by atoms with Gasteiger partial charge in [-0.15, -0.1) is 0 Å². The van der Waals surface area contributed by atoms with E-state index in [-0.39, 0.29) is 23.7 Å². The summed E-state index contributed by atoms with van der Waals surface area (Å²) in [5.41, 5.74) is 1.10. The van der Waals surface area contributed by atoms with Gasteiger partial charge in [0.1, 0.15) is 17.6 Å². The zero-order valence-electron chi connectivity index (χ0n) is 20.0. The number of hydrogen-bond donors (Lipinski definition) is 2. The molecule has 0 radical (unpaired) electrons. The number of anilines is 1. The minimum atomic E-state index is -1.51. The largest absolute Gasteiger partial charge is 0.497 e. The normalized spacial score (nSPS) is 18.3. The summed E-state index contributed by atoms with van der Waals surface area (Å²) in [5.74, 6) is -2.02. The maximum absolute atomic E-state index is 15.3. The number of nitrogens with zero attached hydrogens (tertiary/aromatic N) is 2. The van der Waals surface area contributed by atoms with Gasteiger partial charge in [0.15, 0.2) is 4.84 Å². The van der Waals surface area contributed by atoms with E-state index in [0.29, 0.717) is 29.8 Å². The van der Waals surface area contributed by atoms with Crippen LogP contribution in [0.2, 0.25) is 0 Å². The smallest absolute Gasteiger partial charge is 0.257 e. The molecular weight excluding hydrogens is 508 g/mol. The zero-order valence-corrected chi connectivity index (χ0v) is 21.5. The van der Waals surface area contributed by atoms with Gasteiger partial charge in [0.05, 0.1) is 18.7 Å². The molecule has 2 N–H and O–H groups in total. The Morgan fingerprint density at radius 3 is 2.56 bits per heavy atom. The molecule has 0 aromatic heterocycles. The quantitative estimate of drug-likeness (QED) is 0.469. The SMILES string of the molecule is COc1ccc(NC(=O)C(c2ccc(C#N)cc2F)N(C(=O)C(Cl)Cl)[C@H]2CCCC[C@@H]2CO)c(C)c1. The molecule has 10 heteroatoms. The van der Waals surface area contributed by atoms with Crippen LogP contribution >= 0.6 is 23.2 Å². The fourth-order valence-corrected chi connectivity index (χ4v) is 4.93. The summed E-state index contributed by atoms with van der Waals surface area (Å²) >= 11 is 12.0. The van der Waals surface area contributed by atoms with Crippen LogP contribution in [0.3, 0.4) is 0 Å². The van der Waals surface area contributed by atoms with Gasteiger partial charge >= 0.3 is 0 Å². The topological polar surface area (TPSA) is 103 Å². The summed E-state index contributed by atoms with van der Waals surface area (Å²) in [6.45, 7) is 1.56. The predicted molar refractivity (Wildman–Crippen MR) is 135 cm³/mol. The van der Waals surface area contributed by atoms with Crippen molar-refractivity contribution in [2.45, 2.75) is 49.5 Å². The van der Waals surface area contributed by atoms with Crippen molar-refractivity contribution in [2.24, 2.45) is 5.92 Å². The standard InChI is InChI=1S/C26H28Cl2FN3O4/c1-15-11-18(36-2)8-10-21(15)31-25(34)23(19-9-7-16(13-30)12-20(19)29)32(26(35)24(27)28)22-6-4-3-5-17(22)14-33/h7-12,17,22-24,33H,3-6,14H2,1-2H3,(H,31,34)/t17-,22+,23?/m1/s1. The number of nitriles is 1. The third-order valence-corrected chi connectivity index (χ3v) is 6.92. The predicted octanol–water partition coefficient (Wildman–Crippen LogP) is 4.88. The molecule has 2 amide bonds. The number of carbonyl (C=O) groups is 2. The number of carbonyl (C=O) groups excluding carboxylic acids is 2. The van der Waals surface area contributed by atoms with Crippen molar-refractivity contribution in [3.05, 3.63) is 58.9 Å². The molecule has 2 aromatic carbocycles. The molecular formula is C26H28Cl2FN3O4. The van der Waals surface area contributed by atoms with E-state index in [2.05, 4.69) is 5.32 Å². The van der Waals surface area contributed by atoms with Crippen molar-refractivity contribution in [3.8, 4) is 11.8 Å². The van der Waals surface area contributed by atoms with Gasteiger partial charge < -0.3 is 20.1 Å². The number of methoxy groups -OCH3 is 1. The van der Waals surface area contributed by atoms with E-state index in [0.717, 1.165) is 18.9 Å². The molecule has 2 aromatic rings. The summed E-state index contributed by atoms with van der Waals surface area (Å²) in [4.78, 5) is 26.9. The lowest BCUT2D eigenvalue weighted by Crippen LogP contribution is -2.53. The summed E-state index contributed by atoms with van der Waals surface area (Å²) in [6.07, 6.45) is 2.71. The number of amides is 2. The molecule has 1 aliphatic carbocycles. The molecule has 0 spiro atoms. The number of ether oxygens (including phenoxy) is 1. The Kier molecular flexibility index (Phi) is 9.55. The first-order valence-corrected chi connectivity index (χ1v) is 12.4. The van der Waals surface area contributed by atoms with Gasteiger partial charge in [-0.1, -0.05) is 42.1 Å². The van der Waals surface area contributed by atoms with E-state index >= 15 is 4.39 Å². The first-order valence-electron chi connectivity index (χ1n) is 11.6. The van der Waals surface area contributed by atoms with Crippen LogP contribution in [0.25, 0.3) is 0 Å². The van der Waals surface area contributed by atoms with Crippen molar-refractivity contribution >= 4 is 40.7 Å². The van der Waals surface area contributed by atoms with Crippen LogP contribution in [0.1, 0.15) is 48.4 Å². The molecule has 36 heavy (non-hydrogen) atoms. The van der Waals surface area contributed by atoms with Crippen molar-refractivity contribution in [1.82, 2.24) is 4.90 Å². The molecule has 3 atom stereocenters. The minimum absolute atomic E-state index is 0.0674. The van der Waals surface area contributed by atoms with Crippen LogP contribution in [-0.2, 0) is 9.59 Å². The summed E-state index contributed by atoms with van der Waals surface area (Å²) in [5, 5.41) is 22.0. The molecule has 3 rings (SSSR count). The van der Waals surface area contributed by atoms with E-state index in [1.54, 1.807) is 25.1 Å². The molecule has 192 valence electrons. The van der Waals surface area contributed by atoms with Crippen molar-refractivity contribution < 1.29 is 23.8 Å². The second-order valence-corrected chi connectivity index (χ2v) is 9.86. The van der Waals surface area contributed by atoms with Crippen LogP contribution in [0.15, 0.2) is 36.4 Å². The average Bonchev–Trinajstić information content (AvgIpc) is 2.88. The van der Waals surface area contributed by atoms with Crippen LogP contribution in [0, 0.1) is 30.0 Å². The van der Waals surface area contributed by atoms with Crippen LogP contribution in [0.5, 0.6) is 5.75 Å². The average molecular weight is 536 g/mol. The monoisotopic (exact) mass is 535 g/mol. The zero-order chi connectivity index (χ0) is 26.4. The lowest BCUT2D eigenvalue weighted by Gasteiger charge is -2.43. The van der Waals surface area contributed by atoms with Crippen molar-refractivity contribution in [2.75, 3.05) is 19.0 Å². The third-order valence-electron chi connectivity index (χ3n) is 6.54. The van der Waals surface area contributed by atoms with E-state index in [1.807, 2.05) is 6.07 Å². The van der Waals surface area contributed by atoms with Crippen LogP contribution in [0.4, 0.5) is 10.1 Å². The van der Waals surface area contributed by atoms with Gasteiger partial charge in [-0.05, 0) is 55.7 Å². The Balaban J connectivity index is 2.14. The number of aliphatic hydroxyl groups is 1. The van der Waals surface area contributed by atoms with E-state index < -0.39 is 34.6 Å². The molecule has 0 aliphatic heterocycles. The van der Waals surface area contributed by atoms with Crippen LogP contribution < -0.4 is 10.1 Å². The minimum Gasteiger partial charge on any atom is -0.497 e. The van der Waals surface area contributed by atoms with Crippen molar-refractivity contribution in [1.29, 1.82) is 5.26 Å². The Labute approximate surface area is 219 Å². The highest BCUT2D eigenvalue weighted by molar-refractivity contribution is 6.53. The molecule has 1 saturated carbocycles. The Morgan fingerprint density at radius 2 is 1.97 bits per heavy atom. The number of aliphatic hydroxyl groups excluding tert-OH is 1. The van der Waals surface area contributed by atoms with Gasteiger partial charge in [-0.25, -0.2) is 4.39 Å². The van der Waals surface area contributed by atoms with Crippen molar-refractivity contribution in [3.63, 3.8) is 0 Å². The molecule has 1 aliphatic rings. The Hall–Kier alpha value is -2.86. The highest BCUT2D eigenvalue weighted by Gasteiger charge is 2.43.